The molecule has 3 aromatic rings. The molecule has 1 amide bonds. The largest absolute Gasteiger partial charge is 0.370 e. The topological polar surface area (TPSA) is 94.9 Å². The summed E-state index contributed by atoms with van der Waals surface area (Å²) in [6.45, 7) is 4.28. The van der Waals surface area contributed by atoms with Crippen molar-refractivity contribution in [2.24, 2.45) is 0 Å². The van der Waals surface area contributed by atoms with Crippen molar-refractivity contribution < 1.29 is 9.53 Å². The zero-order valence-corrected chi connectivity index (χ0v) is 21.4. The van der Waals surface area contributed by atoms with E-state index in [2.05, 4.69) is 52.4 Å². The molecule has 3 heterocycles. The number of amides is 1. The van der Waals surface area contributed by atoms with E-state index < -0.39 is 0 Å². The molecule has 1 N–H and O–H groups in total. The third-order valence-electron chi connectivity index (χ3n) is 8.46. The van der Waals surface area contributed by atoms with Gasteiger partial charge in [0, 0.05) is 30.8 Å². The number of hydrogen-bond acceptors (Lipinski definition) is 5. The van der Waals surface area contributed by atoms with Gasteiger partial charge in [-0.2, -0.15) is 5.26 Å². The van der Waals surface area contributed by atoms with Gasteiger partial charge in [-0.25, -0.2) is 0 Å². The first-order chi connectivity index (χ1) is 18.1. The van der Waals surface area contributed by atoms with E-state index in [-0.39, 0.29) is 12.0 Å². The molecule has 3 aliphatic rings. The number of hydrogen-bond donors (Lipinski definition) is 1. The molecule has 0 bridgehead atoms. The van der Waals surface area contributed by atoms with Gasteiger partial charge in [0.25, 0.3) is 5.91 Å². The quantitative estimate of drug-likeness (QED) is 0.483. The summed E-state index contributed by atoms with van der Waals surface area (Å²) in [5.41, 5.74) is 6.00. The highest BCUT2D eigenvalue weighted by atomic mass is 16.5. The van der Waals surface area contributed by atoms with Crippen LogP contribution in [0.5, 0.6) is 0 Å². The molecule has 0 radical (unpaired) electrons. The Labute approximate surface area is 217 Å². The zero-order valence-electron chi connectivity index (χ0n) is 21.4. The average Bonchev–Trinajstić information content (AvgIpc) is 3.60. The Hall–Kier alpha value is -3.50. The number of H-pyrrole nitrogens is 1. The van der Waals surface area contributed by atoms with E-state index in [9.17, 15) is 4.79 Å². The Bertz CT molecular complexity index is 1320. The third-order valence-corrected chi connectivity index (χ3v) is 8.46. The number of aromatic amines is 1. The molecule has 7 nitrogen and oxygen atoms in total. The van der Waals surface area contributed by atoms with Crippen LogP contribution in [0.15, 0.2) is 36.4 Å². The fourth-order valence-electron chi connectivity index (χ4n) is 5.97. The first-order valence-corrected chi connectivity index (χ1v) is 13.6. The Morgan fingerprint density at radius 1 is 1.03 bits per heavy atom. The van der Waals surface area contributed by atoms with Gasteiger partial charge in [0.1, 0.15) is 6.10 Å². The summed E-state index contributed by atoms with van der Waals surface area (Å²) in [4.78, 5) is 19.1. The van der Waals surface area contributed by atoms with Gasteiger partial charge in [-0.3, -0.25) is 4.79 Å². The number of likely N-dealkylation sites (tertiary alicyclic amines) is 1. The molecule has 190 valence electrons. The highest BCUT2D eigenvalue weighted by Gasteiger charge is 2.30. The summed E-state index contributed by atoms with van der Waals surface area (Å²) < 4.78 is 5.80. The summed E-state index contributed by atoms with van der Waals surface area (Å²) in [5.74, 6) is 2.54. The molecule has 0 spiro atoms. The zero-order chi connectivity index (χ0) is 25.4. The van der Waals surface area contributed by atoms with E-state index in [4.69, 9.17) is 10.00 Å². The minimum absolute atomic E-state index is 0.0163. The van der Waals surface area contributed by atoms with Gasteiger partial charge in [-0.1, -0.05) is 24.6 Å². The normalized spacial score (nSPS) is 20.5. The predicted octanol–water partition coefficient (Wildman–Crippen LogP) is 5.79. The SMILES string of the molecule is Cc1cc(C2CCC2)c(-c2nnc([C@H]3CCCO3)[nH]2)cc1C(=O)N1CCC(c2ccc(C#N)cc2)CC1. The summed E-state index contributed by atoms with van der Waals surface area (Å²) in [7, 11) is 0. The number of nitriles is 1. The molecular weight excluding hydrogens is 462 g/mol. The molecule has 6 rings (SSSR count). The van der Waals surface area contributed by atoms with Gasteiger partial charge in [0.15, 0.2) is 11.6 Å². The van der Waals surface area contributed by atoms with Gasteiger partial charge in [-0.05, 0) is 92.2 Å². The van der Waals surface area contributed by atoms with E-state index in [0.717, 1.165) is 73.7 Å². The number of rotatable bonds is 5. The van der Waals surface area contributed by atoms with Crippen LogP contribution in [0.1, 0.15) is 101 Å². The maximum absolute atomic E-state index is 13.7. The van der Waals surface area contributed by atoms with Gasteiger partial charge in [0.05, 0.1) is 11.6 Å². The number of benzene rings is 2. The minimum Gasteiger partial charge on any atom is -0.370 e. The summed E-state index contributed by atoms with van der Waals surface area (Å²) in [6, 6.07) is 14.3. The molecule has 1 aliphatic carbocycles. The van der Waals surface area contributed by atoms with Crippen molar-refractivity contribution in [2.45, 2.75) is 69.8 Å². The van der Waals surface area contributed by atoms with Crippen LogP contribution in [-0.2, 0) is 4.74 Å². The molecule has 7 heteroatoms. The van der Waals surface area contributed by atoms with Crippen LogP contribution in [-0.4, -0.2) is 45.7 Å². The molecule has 2 aliphatic heterocycles. The van der Waals surface area contributed by atoms with Crippen LogP contribution in [0.3, 0.4) is 0 Å². The van der Waals surface area contributed by atoms with Crippen molar-refractivity contribution in [3.8, 4) is 17.5 Å². The van der Waals surface area contributed by atoms with Crippen LogP contribution in [0, 0.1) is 18.3 Å². The average molecular weight is 496 g/mol. The Morgan fingerprint density at radius 3 is 2.46 bits per heavy atom. The van der Waals surface area contributed by atoms with Crippen molar-refractivity contribution >= 4 is 5.91 Å². The van der Waals surface area contributed by atoms with E-state index in [0.29, 0.717) is 17.4 Å². The summed E-state index contributed by atoms with van der Waals surface area (Å²) in [6.07, 6.45) is 7.43. The highest BCUT2D eigenvalue weighted by Crippen LogP contribution is 2.42. The number of piperidine rings is 1. The van der Waals surface area contributed by atoms with Crippen LogP contribution in [0.4, 0.5) is 0 Å². The molecule has 0 unspecified atom stereocenters. The second-order valence-electron chi connectivity index (χ2n) is 10.7. The van der Waals surface area contributed by atoms with E-state index in [1.165, 1.54) is 30.4 Å². The molecule has 1 aromatic heterocycles. The standard InChI is InChI=1S/C30H33N5O2/c1-19-16-25(23-4-2-5-23)26(28-32-29(34-33-28)27-6-3-15-37-27)17-24(19)30(36)35-13-11-22(12-14-35)21-9-7-20(18-31)8-10-21/h7-10,16-17,22-23,27H,2-6,11-15H2,1H3,(H,32,33,34)/t27-/m1/s1. The smallest absolute Gasteiger partial charge is 0.254 e. The Balaban J connectivity index is 1.23. The molecule has 2 saturated heterocycles. The Kier molecular flexibility index (Phi) is 6.52. The number of carbonyl (C=O) groups excluding carboxylic acids is 1. The van der Waals surface area contributed by atoms with Crippen molar-refractivity contribution in [1.82, 2.24) is 20.1 Å². The lowest BCUT2D eigenvalue weighted by Crippen LogP contribution is -2.38. The van der Waals surface area contributed by atoms with E-state index >= 15 is 0 Å². The highest BCUT2D eigenvalue weighted by molar-refractivity contribution is 5.97. The maximum Gasteiger partial charge on any atom is 0.254 e. The minimum atomic E-state index is -0.0163. The van der Waals surface area contributed by atoms with Crippen molar-refractivity contribution in [2.75, 3.05) is 19.7 Å². The van der Waals surface area contributed by atoms with Gasteiger partial charge < -0.3 is 14.6 Å². The summed E-state index contributed by atoms with van der Waals surface area (Å²) in [5, 5.41) is 18.0. The lowest BCUT2D eigenvalue weighted by Gasteiger charge is -2.33. The second-order valence-corrected chi connectivity index (χ2v) is 10.7. The predicted molar refractivity (Wildman–Crippen MR) is 140 cm³/mol. The molecule has 3 fully saturated rings. The molecule has 37 heavy (non-hydrogen) atoms. The fourth-order valence-corrected chi connectivity index (χ4v) is 5.97. The van der Waals surface area contributed by atoms with Crippen molar-refractivity contribution in [1.29, 1.82) is 5.26 Å². The van der Waals surface area contributed by atoms with E-state index in [1.807, 2.05) is 17.0 Å². The van der Waals surface area contributed by atoms with Crippen LogP contribution in [0.25, 0.3) is 11.4 Å². The lowest BCUT2D eigenvalue weighted by atomic mass is 9.77. The lowest BCUT2D eigenvalue weighted by molar-refractivity contribution is 0.0712. The number of nitrogens with one attached hydrogen (secondary N) is 1. The number of nitrogens with zero attached hydrogens (tertiary/aromatic N) is 4. The van der Waals surface area contributed by atoms with Gasteiger partial charge in [-0.15, -0.1) is 10.2 Å². The number of aromatic nitrogens is 3. The summed E-state index contributed by atoms with van der Waals surface area (Å²) >= 11 is 0. The number of aryl methyl sites for hydroxylation is 1. The fraction of sp³-hybridized carbons (Fsp3) is 0.467. The first-order valence-electron chi connectivity index (χ1n) is 13.6. The molecule has 1 atom stereocenters. The Morgan fingerprint density at radius 2 is 1.81 bits per heavy atom. The van der Waals surface area contributed by atoms with E-state index in [1.54, 1.807) is 0 Å². The van der Waals surface area contributed by atoms with Crippen LogP contribution >= 0.6 is 0 Å². The van der Waals surface area contributed by atoms with Crippen molar-refractivity contribution in [3.05, 3.63) is 70.0 Å². The van der Waals surface area contributed by atoms with Crippen LogP contribution < -0.4 is 0 Å². The van der Waals surface area contributed by atoms with Crippen molar-refractivity contribution in [3.63, 3.8) is 0 Å². The third kappa shape index (κ3) is 4.67. The van der Waals surface area contributed by atoms with Gasteiger partial charge >= 0.3 is 0 Å². The molecule has 1 saturated carbocycles. The second kappa shape index (κ2) is 10.1. The maximum atomic E-state index is 13.7. The molecule has 2 aromatic carbocycles. The first kappa shape index (κ1) is 23.9. The monoisotopic (exact) mass is 495 g/mol. The molecular formula is C30H33N5O2. The van der Waals surface area contributed by atoms with Crippen LogP contribution in [0.2, 0.25) is 0 Å². The number of carbonyl (C=O) groups is 1. The number of ether oxygens (including phenoxy) is 1. The van der Waals surface area contributed by atoms with Gasteiger partial charge in [0.2, 0.25) is 0 Å².